The fourth-order valence-electron chi connectivity index (χ4n) is 3.06. The van der Waals surface area contributed by atoms with Crippen molar-refractivity contribution in [1.82, 2.24) is 14.8 Å². The average Bonchev–Trinajstić information content (AvgIpc) is 3.27. The van der Waals surface area contributed by atoms with E-state index in [-0.39, 0.29) is 18.3 Å². The first-order valence-corrected chi connectivity index (χ1v) is 12.4. The molecule has 0 spiro atoms. The molecule has 1 N–H and O–H groups in total. The first-order valence-electron chi connectivity index (χ1n) is 10.3. The Labute approximate surface area is 221 Å². The summed E-state index contributed by atoms with van der Waals surface area (Å²) in [6, 6.07) is 19.4. The van der Waals surface area contributed by atoms with Crippen LogP contribution in [0, 0.1) is 0 Å². The van der Waals surface area contributed by atoms with Crippen LogP contribution in [-0.4, -0.2) is 33.5 Å². The molecule has 4 aromatic rings. The van der Waals surface area contributed by atoms with Crippen LogP contribution < -0.4 is 14.8 Å². The zero-order valence-corrected chi connectivity index (χ0v) is 21.5. The van der Waals surface area contributed by atoms with E-state index >= 15 is 0 Å². The number of amides is 1. The van der Waals surface area contributed by atoms with Gasteiger partial charge in [-0.25, -0.2) is 0 Å². The quantitative estimate of drug-likeness (QED) is 0.239. The monoisotopic (exact) mass is 548 g/mol. The molecule has 0 aliphatic heterocycles. The van der Waals surface area contributed by atoms with Crippen LogP contribution in [0.4, 0.5) is 5.69 Å². The summed E-state index contributed by atoms with van der Waals surface area (Å²) < 4.78 is 13.0. The molecule has 35 heavy (non-hydrogen) atoms. The highest BCUT2D eigenvalue weighted by atomic mass is 35.5. The maximum atomic E-state index is 12.5. The maximum absolute atomic E-state index is 12.5. The number of nitrogens with zero attached hydrogens (tertiary/aromatic N) is 3. The lowest BCUT2D eigenvalue weighted by Gasteiger charge is -2.12. The molecule has 0 unspecified atom stereocenters. The van der Waals surface area contributed by atoms with Gasteiger partial charge in [-0.2, -0.15) is 0 Å². The van der Waals surface area contributed by atoms with E-state index in [2.05, 4.69) is 15.5 Å². The zero-order valence-electron chi connectivity index (χ0n) is 18.4. The fourth-order valence-corrected chi connectivity index (χ4v) is 4.25. The van der Waals surface area contributed by atoms with Gasteiger partial charge < -0.3 is 14.8 Å². The number of halogens is 3. The van der Waals surface area contributed by atoms with Crippen molar-refractivity contribution in [3.63, 3.8) is 0 Å². The molecule has 4 rings (SSSR count). The van der Waals surface area contributed by atoms with Gasteiger partial charge in [0, 0.05) is 16.4 Å². The van der Waals surface area contributed by atoms with Gasteiger partial charge in [0.05, 0.1) is 22.9 Å². The van der Waals surface area contributed by atoms with Gasteiger partial charge in [-0.1, -0.05) is 46.6 Å². The van der Waals surface area contributed by atoms with Crippen LogP contribution in [0.15, 0.2) is 71.9 Å². The van der Waals surface area contributed by atoms with E-state index < -0.39 is 0 Å². The van der Waals surface area contributed by atoms with E-state index in [0.29, 0.717) is 37.5 Å². The second-order valence-electron chi connectivity index (χ2n) is 7.14. The summed E-state index contributed by atoms with van der Waals surface area (Å²) in [5.74, 6) is 1.81. The summed E-state index contributed by atoms with van der Waals surface area (Å²) in [5, 5.41) is 13.3. The first-order chi connectivity index (χ1) is 16.9. The Bertz CT molecular complexity index is 1310. The summed E-state index contributed by atoms with van der Waals surface area (Å²) in [6.45, 7) is 0.163. The van der Waals surface area contributed by atoms with Gasteiger partial charge in [0.25, 0.3) is 0 Å². The van der Waals surface area contributed by atoms with Gasteiger partial charge in [-0.05, 0) is 66.7 Å². The lowest BCUT2D eigenvalue weighted by Crippen LogP contribution is -2.14. The lowest BCUT2D eigenvalue weighted by atomic mass is 10.3. The minimum atomic E-state index is -0.225. The van der Waals surface area contributed by atoms with Crippen LogP contribution in [0.2, 0.25) is 15.1 Å². The lowest BCUT2D eigenvalue weighted by molar-refractivity contribution is -0.113. The zero-order chi connectivity index (χ0) is 24.8. The van der Waals surface area contributed by atoms with Gasteiger partial charge in [-0.3, -0.25) is 9.36 Å². The Balaban J connectivity index is 1.51. The van der Waals surface area contributed by atoms with Crippen molar-refractivity contribution < 1.29 is 14.3 Å². The van der Waals surface area contributed by atoms with E-state index in [1.807, 2.05) is 28.8 Å². The van der Waals surface area contributed by atoms with Crippen molar-refractivity contribution in [2.24, 2.45) is 0 Å². The predicted octanol–water partition coefficient (Wildman–Crippen LogP) is 6.55. The van der Waals surface area contributed by atoms with Gasteiger partial charge in [0.2, 0.25) is 5.91 Å². The molecule has 3 aromatic carbocycles. The molecule has 0 aliphatic carbocycles. The SMILES string of the molecule is COc1ccc(-n2c(COc3ccc(Cl)cc3)nnc2SCC(=O)Nc2ccc(Cl)c(Cl)c2)cc1. The Morgan fingerprint density at radius 2 is 1.66 bits per heavy atom. The molecule has 0 aliphatic rings. The van der Waals surface area contributed by atoms with E-state index in [4.69, 9.17) is 44.3 Å². The second kappa shape index (κ2) is 11.7. The Hall–Kier alpha value is -2.91. The van der Waals surface area contributed by atoms with Crippen molar-refractivity contribution in [2.45, 2.75) is 11.8 Å². The number of hydrogen-bond donors (Lipinski definition) is 1. The normalized spacial score (nSPS) is 10.7. The Kier molecular flexibility index (Phi) is 8.41. The number of ether oxygens (including phenoxy) is 2. The molecule has 0 saturated carbocycles. The number of anilines is 1. The summed E-state index contributed by atoms with van der Waals surface area (Å²) in [4.78, 5) is 12.5. The minimum Gasteiger partial charge on any atom is -0.497 e. The van der Waals surface area contributed by atoms with Crippen molar-refractivity contribution in [3.8, 4) is 17.2 Å². The molecule has 1 aromatic heterocycles. The predicted molar refractivity (Wildman–Crippen MR) is 140 cm³/mol. The van der Waals surface area contributed by atoms with Crippen LogP contribution in [-0.2, 0) is 11.4 Å². The molecule has 180 valence electrons. The van der Waals surface area contributed by atoms with Crippen LogP contribution in [0.25, 0.3) is 5.69 Å². The van der Waals surface area contributed by atoms with Crippen LogP contribution in [0.1, 0.15) is 5.82 Å². The van der Waals surface area contributed by atoms with Crippen molar-refractivity contribution in [1.29, 1.82) is 0 Å². The van der Waals surface area contributed by atoms with Gasteiger partial charge >= 0.3 is 0 Å². The minimum absolute atomic E-state index is 0.104. The smallest absolute Gasteiger partial charge is 0.234 e. The van der Waals surface area contributed by atoms with Crippen molar-refractivity contribution in [3.05, 3.63) is 87.6 Å². The van der Waals surface area contributed by atoms with Crippen LogP contribution in [0.3, 0.4) is 0 Å². The standard InChI is InChI=1S/C24H19Cl3N4O3S/c1-33-18-9-5-17(6-10-18)31-22(13-34-19-7-2-15(25)3-8-19)29-30-24(31)35-14-23(32)28-16-4-11-20(26)21(27)12-16/h2-12H,13-14H2,1H3,(H,28,32). The third-order valence-corrected chi connectivity index (χ3v) is 6.67. The number of hydrogen-bond acceptors (Lipinski definition) is 6. The number of benzene rings is 3. The largest absolute Gasteiger partial charge is 0.497 e. The molecule has 1 heterocycles. The topological polar surface area (TPSA) is 78.3 Å². The van der Waals surface area contributed by atoms with E-state index in [0.717, 1.165) is 11.4 Å². The average molecular weight is 550 g/mol. The summed E-state index contributed by atoms with van der Waals surface area (Å²) in [5.41, 5.74) is 1.36. The molecule has 0 bridgehead atoms. The maximum Gasteiger partial charge on any atom is 0.234 e. The van der Waals surface area contributed by atoms with E-state index in [9.17, 15) is 4.79 Å². The molecular formula is C24H19Cl3N4O3S. The molecule has 11 heteroatoms. The van der Waals surface area contributed by atoms with Gasteiger partial charge in [0.1, 0.15) is 18.1 Å². The second-order valence-corrected chi connectivity index (χ2v) is 9.33. The molecular weight excluding hydrogens is 531 g/mol. The molecule has 7 nitrogen and oxygen atoms in total. The van der Waals surface area contributed by atoms with E-state index in [1.165, 1.54) is 11.8 Å². The highest BCUT2D eigenvalue weighted by molar-refractivity contribution is 7.99. The Morgan fingerprint density at radius 3 is 2.34 bits per heavy atom. The van der Waals surface area contributed by atoms with Gasteiger partial charge in [0.15, 0.2) is 11.0 Å². The number of carbonyl (C=O) groups excluding carboxylic acids is 1. The first kappa shape index (κ1) is 25.2. The Morgan fingerprint density at radius 1 is 0.943 bits per heavy atom. The summed E-state index contributed by atoms with van der Waals surface area (Å²) in [6.07, 6.45) is 0. The number of rotatable bonds is 9. The number of carbonyl (C=O) groups is 1. The van der Waals surface area contributed by atoms with Crippen LogP contribution in [0.5, 0.6) is 11.5 Å². The third kappa shape index (κ3) is 6.61. The van der Waals surface area contributed by atoms with Crippen molar-refractivity contribution in [2.75, 3.05) is 18.2 Å². The number of thioether (sulfide) groups is 1. The van der Waals surface area contributed by atoms with E-state index in [1.54, 1.807) is 49.6 Å². The third-order valence-electron chi connectivity index (χ3n) is 4.75. The fraction of sp³-hybridized carbons (Fsp3) is 0.125. The highest BCUT2D eigenvalue weighted by Crippen LogP contribution is 2.27. The molecule has 0 fully saturated rings. The number of aromatic nitrogens is 3. The number of methoxy groups -OCH3 is 1. The van der Waals surface area contributed by atoms with Gasteiger partial charge in [-0.15, -0.1) is 10.2 Å². The molecule has 1 amide bonds. The summed E-state index contributed by atoms with van der Waals surface area (Å²) in [7, 11) is 1.60. The molecule has 0 saturated heterocycles. The highest BCUT2D eigenvalue weighted by Gasteiger charge is 2.17. The molecule has 0 radical (unpaired) electrons. The van der Waals surface area contributed by atoms with Crippen molar-refractivity contribution >= 4 is 58.2 Å². The van der Waals surface area contributed by atoms with Crippen LogP contribution >= 0.6 is 46.6 Å². The number of nitrogens with one attached hydrogen (secondary N) is 1. The molecule has 0 atom stereocenters. The summed E-state index contributed by atoms with van der Waals surface area (Å²) >= 11 is 19.2.